The maximum Gasteiger partial charge on any atom is 0.411 e. The summed E-state index contributed by atoms with van der Waals surface area (Å²) in [5.41, 5.74) is 0.560. The smallest absolute Gasteiger partial charge is 0.411 e. The molecule has 0 spiro atoms. The zero-order chi connectivity index (χ0) is 35.3. The van der Waals surface area contributed by atoms with Crippen molar-refractivity contribution in [2.24, 2.45) is 0 Å². The van der Waals surface area contributed by atoms with Crippen molar-refractivity contribution in [2.75, 3.05) is 51.6 Å². The van der Waals surface area contributed by atoms with Crippen molar-refractivity contribution in [2.45, 2.75) is 19.3 Å². The Morgan fingerprint density at radius 3 is 2.10 bits per heavy atom. The van der Waals surface area contributed by atoms with E-state index in [4.69, 9.17) is 28.5 Å². The molecule has 2 aromatic carbocycles. The third kappa shape index (κ3) is 10.6. The van der Waals surface area contributed by atoms with Gasteiger partial charge < -0.3 is 44.1 Å². The first kappa shape index (κ1) is 36.7. The van der Waals surface area contributed by atoms with Gasteiger partial charge in [0.25, 0.3) is 10.0 Å². The van der Waals surface area contributed by atoms with Crippen LogP contribution in [0.4, 0.5) is 16.2 Å². The van der Waals surface area contributed by atoms with Gasteiger partial charge in [0.05, 0.1) is 57.3 Å². The van der Waals surface area contributed by atoms with E-state index in [1.54, 1.807) is 12.1 Å². The Morgan fingerprint density at radius 2 is 1.50 bits per heavy atom. The summed E-state index contributed by atoms with van der Waals surface area (Å²) in [6.07, 6.45) is 0.315. The number of ether oxygens (including phenoxy) is 5. The monoisotopic (exact) mass is 692 g/mol. The Hall–Kier alpha value is -5.78. The lowest BCUT2D eigenvalue weighted by molar-refractivity contribution is -0.145. The molecule has 0 fully saturated rings. The molecule has 0 bridgehead atoms. The van der Waals surface area contributed by atoms with Crippen LogP contribution in [0.15, 0.2) is 47.9 Å². The largest absolute Gasteiger partial charge is 0.496 e. The molecule has 18 heteroatoms. The summed E-state index contributed by atoms with van der Waals surface area (Å²) >= 11 is 0. The predicted octanol–water partition coefficient (Wildman–Crippen LogP) is 2.84. The lowest BCUT2D eigenvalue weighted by Crippen LogP contribution is -2.29. The normalized spacial score (nSPS) is 11.0. The van der Waals surface area contributed by atoms with Crippen LogP contribution in [-0.2, 0) is 24.3 Å². The molecule has 2 amide bonds. The van der Waals surface area contributed by atoms with Crippen LogP contribution in [0.1, 0.15) is 24.8 Å². The van der Waals surface area contributed by atoms with E-state index in [1.165, 1.54) is 52.7 Å². The second-order valence-electron chi connectivity index (χ2n) is 9.58. The number of rotatable bonds is 17. The van der Waals surface area contributed by atoms with Gasteiger partial charge in [0.2, 0.25) is 17.7 Å². The highest BCUT2D eigenvalue weighted by Gasteiger charge is 2.16. The fraction of sp³-hybridized carbons (Fsp3) is 0.300. The molecule has 0 aliphatic carbocycles. The average Bonchev–Trinajstić information content (AvgIpc) is 3.37. The van der Waals surface area contributed by atoms with Crippen molar-refractivity contribution < 1.29 is 61.5 Å². The topological polar surface area (TPSA) is 222 Å². The van der Waals surface area contributed by atoms with Crippen LogP contribution < -0.4 is 39.1 Å². The maximum absolute atomic E-state index is 12.9. The van der Waals surface area contributed by atoms with Crippen molar-refractivity contribution >= 4 is 45.4 Å². The SMILES string of the molecule is COc1cc(OC)c(C=CS(=O)(=O)Nc2ccc(OC)c(NC(=O)OCCNC(=O)CCCC(=O)On3c(O)ccc3O)c2)c(OC)c1. The van der Waals surface area contributed by atoms with E-state index in [0.717, 1.165) is 17.5 Å². The molecule has 0 aliphatic rings. The summed E-state index contributed by atoms with van der Waals surface area (Å²) < 4.78 is 54.9. The van der Waals surface area contributed by atoms with E-state index in [1.807, 2.05) is 0 Å². The minimum absolute atomic E-state index is 0.0329. The molecule has 0 saturated heterocycles. The number of nitrogens with zero attached hydrogens (tertiary/aromatic N) is 1. The fourth-order valence-electron chi connectivity index (χ4n) is 4.03. The highest BCUT2D eigenvalue weighted by atomic mass is 32.2. The summed E-state index contributed by atoms with van der Waals surface area (Å²) in [6, 6.07) is 9.62. The molecule has 0 radical (unpaired) electrons. The number of carbonyl (C=O) groups excluding carboxylic acids is 3. The number of methoxy groups -OCH3 is 4. The zero-order valence-corrected chi connectivity index (χ0v) is 27.3. The summed E-state index contributed by atoms with van der Waals surface area (Å²) in [6.45, 7) is -0.238. The highest BCUT2D eigenvalue weighted by molar-refractivity contribution is 7.95. The molecule has 1 aromatic heterocycles. The first-order valence-corrected chi connectivity index (χ1v) is 15.6. The Balaban J connectivity index is 1.49. The maximum atomic E-state index is 12.9. The van der Waals surface area contributed by atoms with Crippen molar-refractivity contribution in [3.63, 3.8) is 0 Å². The lowest BCUT2D eigenvalue weighted by atomic mass is 10.1. The number of sulfonamides is 1. The molecule has 1 heterocycles. The Bertz CT molecular complexity index is 1690. The Kier molecular flexibility index (Phi) is 13.2. The number of benzene rings is 2. The molecule has 260 valence electrons. The Morgan fingerprint density at radius 1 is 0.854 bits per heavy atom. The number of amides is 2. The molecule has 5 N–H and O–H groups in total. The number of nitrogens with one attached hydrogen (secondary N) is 3. The number of carbonyl (C=O) groups is 3. The number of hydrogen-bond donors (Lipinski definition) is 5. The molecule has 0 aliphatic heterocycles. The van der Waals surface area contributed by atoms with Gasteiger partial charge >= 0.3 is 12.1 Å². The van der Waals surface area contributed by atoms with Crippen LogP contribution in [0.25, 0.3) is 6.08 Å². The third-order valence-corrected chi connectivity index (χ3v) is 7.31. The highest BCUT2D eigenvalue weighted by Crippen LogP contribution is 2.35. The molecule has 0 atom stereocenters. The van der Waals surface area contributed by atoms with Gasteiger partial charge in [0.15, 0.2) is 0 Å². The molecule has 0 saturated carbocycles. The van der Waals surface area contributed by atoms with Crippen molar-refractivity contribution in [1.82, 2.24) is 10.0 Å². The zero-order valence-electron chi connectivity index (χ0n) is 26.5. The van der Waals surface area contributed by atoms with Gasteiger partial charge in [0.1, 0.15) is 29.6 Å². The molecular weight excluding hydrogens is 656 g/mol. The fourth-order valence-corrected chi connectivity index (χ4v) is 4.87. The van der Waals surface area contributed by atoms with Crippen LogP contribution in [0, 0.1) is 0 Å². The molecule has 3 rings (SSSR count). The lowest BCUT2D eigenvalue weighted by Gasteiger charge is -2.14. The van der Waals surface area contributed by atoms with Crippen LogP contribution in [-0.4, -0.2) is 82.9 Å². The third-order valence-electron chi connectivity index (χ3n) is 6.30. The van der Waals surface area contributed by atoms with Crippen molar-refractivity contribution in [3.8, 4) is 34.8 Å². The van der Waals surface area contributed by atoms with Gasteiger partial charge in [-0.1, -0.05) is 0 Å². The van der Waals surface area contributed by atoms with Crippen molar-refractivity contribution in [3.05, 3.63) is 53.4 Å². The molecule has 3 aromatic rings. The van der Waals surface area contributed by atoms with Gasteiger partial charge in [0, 0.05) is 37.1 Å². The van der Waals surface area contributed by atoms with Crippen LogP contribution in [0.2, 0.25) is 0 Å². The first-order valence-electron chi connectivity index (χ1n) is 14.1. The van der Waals surface area contributed by atoms with Gasteiger partial charge in [-0.25, -0.2) is 18.0 Å². The predicted molar refractivity (Wildman–Crippen MR) is 172 cm³/mol. The minimum atomic E-state index is -4.06. The minimum Gasteiger partial charge on any atom is -0.496 e. The van der Waals surface area contributed by atoms with Gasteiger partial charge in [-0.05, 0) is 30.7 Å². The van der Waals surface area contributed by atoms with E-state index in [9.17, 15) is 33.0 Å². The summed E-state index contributed by atoms with van der Waals surface area (Å²) in [4.78, 5) is 41.1. The number of aromatic nitrogens is 1. The van der Waals surface area contributed by atoms with E-state index in [-0.39, 0.29) is 49.5 Å². The average molecular weight is 693 g/mol. The quantitative estimate of drug-likeness (QED) is 0.129. The van der Waals surface area contributed by atoms with E-state index in [0.29, 0.717) is 27.5 Å². The molecular formula is C30H36N4O13S. The number of hydrogen-bond acceptors (Lipinski definition) is 13. The Labute approximate surface area is 276 Å². The van der Waals surface area contributed by atoms with Gasteiger partial charge in [-0.2, -0.15) is 0 Å². The van der Waals surface area contributed by atoms with Gasteiger partial charge in [-0.3, -0.25) is 14.8 Å². The van der Waals surface area contributed by atoms with Crippen LogP contribution >= 0.6 is 0 Å². The molecule has 17 nitrogen and oxygen atoms in total. The van der Waals surface area contributed by atoms with Crippen LogP contribution in [0.3, 0.4) is 0 Å². The summed E-state index contributed by atoms with van der Waals surface area (Å²) in [7, 11) is 1.61. The number of aromatic hydroxyl groups is 2. The van der Waals surface area contributed by atoms with E-state index >= 15 is 0 Å². The first-order chi connectivity index (χ1) is 22.9. The molecule has 48 heavy (non-hydrogen) atoms. The van der Waals surface area contributed by atoms with E-state index in [2.05, 4.69) is 15.4 Å². The van der Waals surface area contributed by atoms with E-state index < -0.39 is 39.8 Å². The number of anilines is 2. The summed E-state index contributed by atoms with van der Waals surface area (Å²) in [5.74, 6) is -0.804. The van der Waals surface area contributed by atoms with Crippen LogP contribution in [0.5, 0.6) is 34.8 Å². The van der Waals surface area contributed by atoms with Crippen molar-refractivity contribution in [1.29, 1.82) is 0 Å². The van der Waals surface area contributed by atoms with Gasteiger partial charge in [-0.15, -0.1) is 4.73 Å². The molecule has 0 unspecified atom stereocenters. The standard InChI is InChI=1S/C30H36N4O13S/c1-42-20-17-24(44-3)21(25(18-20)45-4)12-15-48(40,41)33-19-8-9-23(43-2)22(16-19)32-30(39)46-14-13-31-26(35)6-5-7-29(38)47-34-27(36)10-11-28(34)37/h8-12,15-18,33,36-37H,5-7,13-14H2,1-4H3,(H,31,35)(H,32,39). The second kappa shape index (κ2) is 17.2. The second-order valence-corrected chi connectivity index (χ2v) is 11.1. The summed E-state index contributed by atoms with van der Waals surface area (Å²) in [5, 5.41) is 24.9.